The van der Waals surface area contributed by atoms with Crippen molar-refractivity contribution in [2.24, 2.45) is 23.7 Å². The largest absolute Gasteiger partial charge is 0.455 e. The minimum absolute atomic E-state index is 0.111. The summed E-state index contributed by atoms with van der Waals surface area (Å²) in [7, 11) is 3.35. The molecule has 2 fully saturated rings. The summed E-state index contributed by atoms with van der Waals surface area (Å²) in [4.78, 5) is 55.7. The number of methoxy groups -OCH3 is 1. The molecule has 1 aromatic carbocycles. The summed E-state index contributed by atoms with van der Waals surface area (Å²) in [6.45, 7) is 12.9. The summed E-state index contributed by atoms with van der Waals surface area (Å²) in [6, 6.07) is 7.21. The molecule has 0 amide bonds. The zero-order valence-corrected chi connectivity index (χ0v) is 33.4. The maximum Gasteiger partial charge on any atom is 0.317 e. The Morgan fingerprint density at radius 3 is 2.25 bits per heavy atom. The first-order chi connectivity index (χ1) is 23.7. The van der Waals surface area contributed by atoms with Gasteiger partial charge in [0.1, 0.15) is 17.3 Å². The van der Waals surface area contributed by atoms with Crippen LogP contribution in [0.25, 0.3) is 0 Å². The SMILES string of the molecule is C#Cc1ccc(CN(C)[C@H]2C[C@@H](C)O[C@@H](O[C@@H]3[C@@H](C)C(=O)[C@@H](C)C(=O)O[C@H](I)[C@@](C)(O)[C@H](O)[C@@H](C)C(=O)C[C@@H](C)[C@@]3(C)OC)[C@@H]2OC(C)=O)cc1. The summed E-state index contributed by atoms with van der Waals surface area (Å²) in [5.41, 5.74) is -1.62. The molecule has 0 saturated carbocycles. The summed E-state index contributed by atoms with van der Waals surface area (Å²) in [5, 5.41) is 22.3. The molecule has 2 heterocycles. The van der Waals surface area contributed by atoms with Crippen LogP contribution in [0.5, 0.6) is 0 Å². The van der Waals surface area contributed by atoms with E-state index in [1.165, 1.54) is 34.8 Å². The van der Waals surface area contributed by atoms with E-state index in [1.54, 1.807) is 43.4 Å². The first-order valence-corrected chi connectivity index (χ1v) is 18.5. The number of nitrogens with zero attached hydrogens (tertiary/aromatic N) is 1. The highest BCUT2D eigenvalue weighted by molar-refractivity contribution is 14.1. The number of carbonyl (C=O) groups is 4. The van der Waals surface area contributed by atoms with Crippen LogP contribution in [0.3, 0.4) is 0 Å². The van der Waals surface area contributed by atoms with Gasteiger partial charge in [0.05, 0.1) is 30.0 Å². The maximum atomic E-state index is 14.1. The molecular formula is C38H54INO11. The molecule has 0 aromatic heterocycles. The van der Waals surface area contributed by atoms with E-state index in [4.69, 9.17) is 30.1 Å². The molecule has 1 aromatic rings. The third-order valence-corrected chi connectivity index (χ3v) is 12.2. The third kappa shape index (κ3) is 9.76. The number of alkyl halides is 1. The number of hydrogen-bond acceptors (Lipinski definition) is 12. The van der Waals surface area contributed by atoms with Crippen molar-refractivity contribution in [1.82, 2.24) is 4.90 Å². The Balaban J connectivity index is 2.09. The van der Waals surface area contributed by atoms with Gasteiger partial charge >= 0.3 is 11.9 Å². The Morgan fingerprint density at radius 1 is 1.10 bits per heavy atom. The number of hydrogen-bond donors (Lipinski definition) is 2. The molecule has 2 aliphatic heterocycles. The van der Waals surface area contributed by atoms with Crippen molar-refractivity contribution in [2.45, 2.75) is 127 Å². The number of cyclic esters (lactones) is 1. The van der Waals surface area contributed by atoms with Gasteiger partial charge < -0.3 is 33.9 Å². The van der Waals surface area contributed by atoms with E-state index in [9.17, 15) is 29.4 Å². The molecule has 51 heavy (non-hydrogen) atoms. The second-order valence-corrected chi connectivity index (χ2v) is 15.7. The predicted octanol–water partition coefficient (Wildman–Crippen LogP) is 3.83. The number of rotatable bonds is 7. The fourth-order valence-electron chi connectivity index (χ4n) is 6.98. The van der Waals surface area contributed by atoms with Gasteiger partial charge in [-0.1, -0.05) is 38.8 Å². The van der Waals surface area contributed by atoms with Gasteiger partial charge in [0.2, 0.25) is 0 Å². The second kappa shape index (κ2) is 17.6. The lowest BCUT2D eigenvalue weighted by molar-refractivity contribution is -0.302. The van der Waals surface area contributed by atoms with Gasteiger partial charge in [-0.05, 0) is 87.4 Å². The second-order valence-electron chi connectivity index (χ2n) is 14.6. The normalized spacial score (nSPS) is 38.8. The molecule has 0 bridgehead atoms. The van der Waals surface area contributed by atoms with Crippen molar-refractivity contribution in [1.29, 1.82) is 0 Å². The van der Waals surface area contributed by atoms with Gasteiger partial charge in [0, 0.05) is 44.4 Å². The van der Waals surface area contributed by atoms with Gasteiger partial charge in [-0.3, -0.25) is 24.1 Å². The van der Waals surface area contributed by atoms with Crippen LogP contribution in [0.4, 0.5) is 0 Å². The lowest BCUT2D eigenvalue weighted by Crippen LogP contribution is -2.61. The molecule has 12 nitrogen and oxygen atoms in total. The number of halogens is 1. The lowest BCUT2D eigenvalue weighted by atomic mass is 9.73. The molecule has 2 saturated heterocycles. The molecule has 0 spiro atoms. The third-order valence-electron chi connectivity index (χ3n) is 10.7. The monoisotopic (exact) mass is 827 g/mol. The number of aliphatic hydroxyl groups excluding tert-OH is 1. The fraction of sp³-hybridized carbons (Fsp3) is 0.684. The number of ether oxygens (including phenoxy) is 5. The molecule has 0 aliphatic carbocycles. The van der Waals surface area contributed by atoms with E-state index < -0.39 is 81.3 Å². The number of ketones is 2. The fourth-order valence-corrected chi connectivity index (χ4v) is 7.60. The lowest BCUT2D eigenvalue weighted by Gasteiger charge is -2.49. The topological polar surface area (TPSA) is 158 Å². The van der Waals surface area contributed by atoms with E-state index in [0.29, 0.717) is 13.0 Å². The minimum Gasteiger partial charge on any atom is -0.455 e. The predicted molar refractivity (Wildman–Crippen MR) is 196 cm³/mol. The Kier molecular flexibility index (Phi) is 14.8. The Bertz CT molecular complexity index is 1440. The van der Waals surface area contributed by atoms with Crippen molar-refractivity contribution in [3.05, 3.63) is 35.4 Å². The van der Waals surface area contributed by atoms with E-state index in [-0.39, 0.29) is 24.3 Å². The highest BCUT2D eigenvalue weighted by atomic mass is 127. The quantitative estimate of drug-likeness (QED) is 0.135. The number of carbonyl (C=O) groups excluding carboxylic acids is 4. The number of terminal acetylenes is 1. The molecule has 0 unspecified atom stereocenters. The van der Waals surface area contributed by atoms with Crippen molar-refractivity contribution in [2.75, 3.05) is 14.2 Å². The maximum absolute atomic E-state index is 14.1. The zero-order valence-electron chi connectivity index (χ0n) is 31.3. The van der Waals surface area contributed by atoms with Crippen molar-refractivity contribution < 1.29 is 53.1 Å². The summed E-state index contributed by atoms with van der Waals surface area (Å²) >= 11 is 1.68. The van der Waals surface area contributed by atoms with E-state index in [1.807, 2.05) is 43.1 Å². The Hall–Kier alpha value is -2.45. The van der Waals surface area contributed by atoms with Crippen LogP contribution in [-0.4, -0.2) is 105 Å². The van der Waals surface area contributed by atoms with Crippen LogP contribution in [0, 0.1) is 36.0 Å². The standard InChI is InChI=1S/C38H54INO11/c1-12-26-13-15-27(16-14-26)19-40(10)28-18-21(3)48-35(31(28)49-25(7)41)50-33-23(5)30(43)24(6)34(45)51-36(39)37(8,46)32(44)22(4)29(42)17-20(2)38(33,9)47-11/h1,13-16,20-24,28,31-33,35-36,44,46H,17-19H2,2-11H3/t20-,21-,22+,23+,24-,28+,31-,32-,33-,35+,36+,37+,38-/m1/s1. The van der Waals surface area contributed by atoms with Gasteiger partial charge in [-0.25, -0.2) is 0 Å². The molecular weight excluding hydrogens is 773 g/mol. The first-order valence-electron chi connectivity index (χ1n) is 17.3. The Labute approximate surface area is 315 Å². The van der Waals surface area contributed by atoms with Crippen LogP contribution in [0.1, 0.15) is 79.4 Å². The van der Waals surface area contributed by atoms with Gasteiger partial charge in [0.15, 0.2) is 22.3 Å². The average molecular weight is 828 g/mol. The molecule has 3 rings (SSSR count). The molecule has 13 heteroatoms. The minimum atomic E-state index is -2.00. The number of benzene rings is 1. The summed E-state index contributed by atoms with van der Waals surface area (Å²) < 4.78 is 29.3. The van der Waals surface area contributed by atoms with Crippen LogP contribution in [-0.2, 0) is 49.4 Å². The molecule has 13 atom stereocenters. The summed E-state index contributed by atoms with van der Waals surface area (Å²) in [5.74, 6) is -3.78. The van der Waals surface area contributed by atoms with E-state index >= 15 is 0 Å². The van der Waals surface area contributed by atoms with Crippen LogP contribution < -0.4 is 0 Å². The van der Waals surface area contributed by atoms with Gasteiger partial charge in [-0.2, -0.15) is 0 Å². The average Bonchev–Trinajstić information content (AvgIpc) is 3.08. The van der Waals surface area contributed by atoms with Crippen molar-refractivity contribution in [3.8, 4) is 12.3 Å². The number of esters is 2. The smallest absolute Gasteiger partial charge is 0.317 e. The van der Waals surface area contributed by atoms with Gasteiger partial charge in [-0.15, -0.1) is 6.42 Å². The van der Waals surface area contributed by atoms with Crippen molar-refractivity contribution in [3.63, 3.8) is 0 Å². The Morgan fingerprint density at radius 2 is 1.71 bits per heavy atom. The van der Waals surface area contributed by atoms with Gasteiger partial charge in [0.25, 0.3) is 0 Å². The first kappa shape index (κ1) is 43.0. The molecule has 2 N–H and O–H groups in total. The highest BCUT2D eigenvalue weighted by Gasteiger charge is 2.53. The van der Waals surface area contributed by atoms with E-state index in [0.717, 1.165) is 11.1 Å². The molecule has 0 radical (unpaired) electrons. The number of aliphatic hydroxyl groups is 2. The zero-order chi connectivity index (χ0) is 38.6. The van der Waals surface area contributed by atoms with Crippen LogP contribution in [0.15, 0.2) is 24.3 Å². The van der Waals surface area contributed by atoms with E-state index in [2.05, 4.69) is 5.92 Å². The number of likely N-dealkylation sites (N-methyl/N-ethyl adjacent to an activating group) is 1. The van der Waals surface area contributed by atoms with Crippen LogP contribution >= 0.6 is 22.6 Å². The molecule has 284 valence electrons. The number of Topliss-reactive ketones (excluding diaryl/α,β-unsaturated/α-hetero) is 2. The van der Waals surface area contributed by atoms with Crippen molar-refractivity contribution >= 4 is 46.1 Å². The van der Waals surface area contributed by atoms with Crippen LogP contribution in [0.2, 0.25) is 0 Å². The molecule has 2 aliphatic rings. The summed E-state index contributed by atoms with van der Waals surface area (Å²) in [6.07, 6.45) is 0.705. The highest BCUT2D eigenvalue weighted by Crippen LogP contribution is 2.40.